The lowest BCUT2D eigenvalue weighted by atomic mass is 9.99. The van der Waals surface area contributed by atoms with Crippen LogP contribution in [0.3, 0.4) is 0 Å². The Bertz CT molecular complexity index is 541. The highest BCUT2D eigenvalue weighted by atomic mass is 14.9. The number of hydrogen-bond acceptors (Lipinski definition) is 3. The minimum absolute atomic E-state index is 0.598. The van der Waals surface area contributed by atoms with E-state index in [4.69, 9.17) is 5.73 Å². The van der Waals surface area contributed by atoms with Crippen LogP contribution in [0.5, 0.6) is 0 Å². The lowest BCUT2D eigenvalue weighted by Gasteiger charge is -2.11. The molecule has 0 aliphatic rings. The highest BCUT2D eigenvalue weighted by Crippen LogP contribution is 2.27. The highest BCUT2D eigenvalue weighted by molar-refractivity contribution is 5.68. The van der Waals surface area contributed by atoms with Crippen molar-refractivity contribution in [2.24, 2.45) is 0 Å². The third-order valence-corrected chi connectivity index (χ3v) is 2.97. The van der Waals surface area contributed by atoms with Gasteiger partial charge in [-0.15, -0.1) is 0 Å². The fourth-order valence-corrected chi connectivity index (χ4v) is 2.28. The Kier molecular flexibility index (Phi) is 3.60. The Morgan fingerprint density at radius 2 is 1.72 bits per heavy atom. The van der Waals surface area contributed by atoms with Gasteiger partial charge in [0.05, 0.1) is 5.69 Å². The van der Waals surface area contributed by atoms with Crippen molar-refractivity contribution >= 4 is 5.82 Å². The van der Waals surface area contributed by atoms with Crippen LogP contribution in [0, 0.1) is 13.8 Å². The summed E-state index contributed by atoms with van der Waals surface area (Å²) < 4.78 is 0. The second-order valence-corrected chi connectivity index (χ2v) is 4.71. The fourth-order valence-electron chi connectivity index (χ4n) is 2.28. The summed E-state index contributed by atoms with van der Waals surface area (Å²) in [6, 6.07) is 6.45. The summed E-state index contributed by atoms with van der Waals surface area (Å²) in [7, 11) is 0. The van der Waals surface area contributed by atoms with Crippen molar-refractivity contribution in [3.63, 3.8) is 0 Å². The first-order valence-corrected chi connectivity index (χ1v) is 6.29. The number of benzene rings is 1. The zero-order valence-electron chi connectivity index (χ0n) is 11.2. The second kappa shape index (κ2) is 5.17. The molecular weight excluding hydrogens is 222 g/mol. The molecule has 0 fully saturated rings. The van der Waals surface area contributed by atoms with Crippen LogP contribution in [0.25, 0.3) is 11.3 Å². The van der Waals surface area contributed by atoms with Crippen LogP contribution in [-0.2, 0) is 6.42 Å². The SMILES string of the molecule is CCCc1c(N)ncnc1-c1cc(C)cc(C)c1. The van der Waals surface area contributed by atoms with Gasteiger partial charge in [0.2, 0.25) is 0 Å². The molecule has 18 heavy (non-hydrogen) atoms. The van der Waals surface area contributed by atoms with Crippen LogP contribution in [0.15, 0.2) is 24.5 Å². The van der Waals surface area contributed by atoms with Gasteiger partial charge in [-0.25, -0.2) is 9.97 Å². The Hall–Kier alpha value is -1.90. The Morgan fingerprint density at radius 1 is 1.06 bits per heavy atom. The van der Waals surface area contributed by atoms with E-state index in [1.165, 1.54) is 11.1 Å². The van der Waals surface area contributed by atoms with Gasteiger partial charge in [-0.3, -0.25) is 0 Å². The minimum atomic E-state index is 0.598. The van der Waals surface area contributed by atoms with E-state index in [0.717, 1.165) is 29.7 Å². The summed E-state index contributed by atoms with van der Waals surface area (Å²) in [6.45, 7) is 6.33. The molecule has 1 aromatic carbocycles. The van der Waals surface area contributed by atoms with Crippen molar-refractivity contribution in [1.82, 2.24) is 9.97 Å². The monoisotopic (exact) mass is 241 g/mol. The average molecular weight is 241 g/mol. The summed E-state index contributed by atoms with van der Waals surface area (Å²) in [5.74, 6) is 0.598. The van der Waals surface area contributed by atoms with Gasteiger partial charge in [-0.1, -0.05) is 30.5 Å². The zero-order valence-corrected chi connectivity index (χ0v) is 11.2. The van der Waals surface area contributed by atoms with Gasteiger partial charge in [0.1, 0.15) is 12.1 Å². The van der Waals surface area contributed by atoms with E-state index in [1.807, 2.05) is 0 Å². The first-order chi connectivity index (χ1) is 8.61. The van der Waals surface area contributed by atoms with Crippen LogP contribution in [0.1, 0.15) is 30.0 Å². The molecule has 0 aliphatic heterocycles. The van der Waals surface area contributed by atoms with Gasteiger partial charge in [0.15, 0.2) is 0 Å². The first kappa shape index (κ1) is 12.6. The van der Waals surface area contributed by atoms with Gasteiger partial charge in [-0.2, -0.15) is 0 Å². The summed E-state index contributed by atoms with van der Waals surface area (Å²) >= 11 is 0. The van der Waals surface area contributed by atoms with E-state index < -0.39 is 0 Å². The molecule has 0 saturated heterocycles. The lowest BCUT2D eigenvalue weighted by molar-refractivity contribution is 0.908. The smallest absolute Gasteiger partial charge is 0.130 e. The van der Waals surface area contributed by atoms with E-state index in [0.29, 0.717) is 5.82 Å². The van der Waals surface area contributed by atoms with E-state index in [9.17, 15) is 0 Å². The van der Waals surface area contributed by atoms with Crippen molar-refractivity contribution in [3.8, 4) is 11.3 Å². The van der Waals surface area contributed by atoms with E-state index in [-0.39, 0.29) is 0 Å². The summed E-state index contributed by atoms with van der Waals surface area (Å²) in [4.78, 5) is 8.51. The molecule has 0 saturated carbocycles. The van der Waals surface area contributed by atoms with E-state index in [1.54, 1.807) is 6.33 Å². The van der Waals surface area contributed by atoms with Crippen molar-refractivity contribution in [2.45, 2.75) is 33.6 Å². The molecule has 3 heteroatoms. The third-order valence-electron chi connectivity index (χ3n) is 2.97. The number of anilines is 1. The zero-order chi connectivity index (χ0) is 13.1. The summed E-state index contributed by atoms with van der Waals surface area (Å²) in [5, 5.41) is 0. The highest BCUT2D eigenvalue weighted by Gasteiger charge is 2.11. The molecule has 0 atom stereocenters. The average Bonchev–Trinajstić information content (AvgIpc) is 2.30. The van der Waals surface area contributed by atoms with E-state index in [2.05, 4.69) is 48.9 Å². The van der Waals surface area contributed by atoms with Crippen molar-refractivity contribution in [2.75, 3.05) is 5.73 Å². The van der Waals surface area contributed by atoms with Crippen molar-refractivity contribution in [1.29, 1.82) is 0 Å². The Morgan fingerprint density at radius 3 is 2.33 bits per heavy atom. The van der Waals surface area contributed by atoms with Gasteiger partial charge in [0, 0.05) is 11.1 Å². The number of hydrogen-bond donors (Lipinski definition) is 1. The summed E-state index contributed by atoms with van der Waals surface area (Å²) in [5.41, 5.74) is 11.6. The molecule has 0 aliphatic carbocycles. The van der Waals surface area contributed by atoms with Crippen molar-refractivity contribution in [3.05, 3.63) is 41.2 Å². The van der Waals surface area contributed by atoms with Gasteiger partial charge < -0.3 is 5.73 Å². The lowest BCUT2D eigenvalue weighted by Crippen LogP contribution is -2.02. The van der Waals surface area contributed by atoms with Crippen molar-refractivity contribution < 1.29 is 0 Å². The number of aromatic nitrogens is 2. The molecule has 2 aromatic rings. The molecule has 1 aromatic heterocycles. The van der Waals surface area contributed by atoms with Crippen LogP contribution in [0.4, 0.5) is 5.82 Å². The number of aryl methyl sites for hydroxylation is 2. The number of nitrogen functional groups attached to an aromatic ring is 1. The maximum absolute atomic E-state index is 5.97. The first-order valence-electron chi connectivity index (χ1n) is 6.29. The van der Waals surface area contributed by atoms with Gasteiger partial charge >= 0.3 is 0 Å². The normalized spacial score (nSPS) is 10.6. The molecule has 2 N–H and O–H groups in total. The molecule has 1 heterocycles. The largest absolute Gasteiger partial charge is 0.383 e. The Labute approximate surface area is 108 Å². The maximum atomic E-state index is 5.97. The molecular formula is C15H19N3. The maximum Gasteiger partial charge on any atom is 0.130 e. The molecule has 0 radical (unpaired) electrons. The molecule has 0 amide bonds. The van der Waals surface area contributed by atoms with Gasteiger partial charge in [-0.05, 0) is 32.4 Å². The van der Waals surface area contributed by atoms with E-state index >= 15 is 0 Å². The molecule has 0 unspecified atom stereocenters. The predicted molar refractivity (Wildman–Crippen MR) is 75.3 cm³/mol. The number of nitrogens with zero attached hydrogens (tertiary/aromatic N) is 2. The molecule has 94 valence electrons. The number of rotatable bonds is 3. The molecule has 0 bridgehead atoms. The number of nitrogens with two attached hydrogens (primary N) is 1. The van der Waals surface area contributed by atoms with Crippen LogP contribution >= 0.6 is 0 Å². The molecule has 3 nitrogen and oxygen atoms in total. The Balaban J connectivity index is 2.59. The van der Waals surface area contributed by atoms with Gasteiger partial charge in [0.25, 0.3) is 0 Å². The molecule has 2 rings (SSSR count). The minimum Gasteiger partial charge on any atom is -0.383 e. The molecule has 0 spiro atoms. The standard InChI is InChI=1S/C15H19N3/c1-4-5-13-14(17-9-18-15(13)16)12-7-10(2)6-11(3)8-12/h6-9H,4-5H2,1-3H3,(H2,16,17,18). The second-order valence-electron chi connectivity index (χ2n) is 4.71. The fraction of sp³-hybridized carbons (Fsp3) is 0.333. The third kappa shape index (κ3) is 2.50. The topological polar surface area (TPSA) is 51.8 Å². The van der Waals surface area contributed by atoms with Crippen LogP contribution in [0.2, 0.25) is 0 Å². The predicted octanol–water partition coefficient (Wildman–Crippen LogP) is 3.30. The van der Waals surface area contributed by atoms with Crippen LogP contribution < -0.4 is 5.73 Å². The quantitative estimate of drug-likeness (QED) is 0.897. The van der Waals surface area contributed by atoms with Crippen LogP contribution in [-0.4, -0.2) is 9.97 Å². The summed E-state index contributed by atoms with van der Waals surface area (Å²) in [6.07, 6.45) is 3.49.